The van der Waals surface area contributed by atoms with Crippen LogP contribution in [0.15, 0.2) is 28.7 Å². The highest BCUT2D eigenvalue weighted by atomic mass is 79.9. The number of ether oxygens (including phenoxy) is 1. The third-order valence-electron chi connectivity index (χ3n) is 1.78. The van der Waals surface area contributed by atoms with Crippen LogP contribution in [0.1, 0.15) is 6.92 Å². The SMILES string of the molecule is CNC(Oc1cccc(Br)c1)C(C)O. The maximum atomic E-state index is 9.34. The molecule has 2 N–H and O–H groups in total. The van der Waals surface area contributed by atoms with E-state index in [0.717, 1.165) is 10.2 Å². The summed E-state index contributed by atoms with van der Waals surface area (Å²) in [4.78, 5) is 0. The highest BCUT2D eigenvalue weighted by Crippen LogP contribution is 2.18. The van der Waals surface area contributed by atoms with E-state index in [0.29, 0.717) is 0 Å². The van der Waals surface area contributed by atoms with Gasteiger partial charge in [0.2, 0.25) is 0 Å². The Morgan fingerprint density at radius 2 is 2.21 bits per heavy atom. The van der Waals surface area contributed by atoms with Crippen LogP contribution >= 0.6 is 15.9 Å². The van der Waals surface area contributed by atoms with Crippen molar-refractivity contribution in [3.8, 4) is 5.75 Å². The van der Waals surface area contributed by atoms with Crippen LogP contribution in [0.3, 0.4) is 0 Å². The lowest BCUT2D eigenvalue weighted by molar-refractivity contribution is 0.0320. The minimum absolute atomic E-state index is 0.385. The number of aliphatic hydroxyl groups excluding tert-OH is 1. The minimum Gasteiger partial charge on any atom is -0.473 e. The Hall–Kier alpha value is -0.580. The molecule has 78 valence electrons. The van der Waals surface area contributed by atoms with Gasteiger partial charge in [-0.2, -0.15) is 0 Å². The van der Waals surface area contributed by atoms with E-state index in [4.69, 9.17) is 4.74 Å². The number of benzene rings is 1. The van der Waals surface area contributed by atoms with Gasteiger partial charge in [-0.25, -0.2) is 0 Å². The molecule has 2 unspecified atom stereocenters. The predicted octanol–water partition coefficient (Wildman–Crippen LogP) is 1.75. The Bertz CT molecular complexity index is 291. The molecule has 0 fully saturated rings. The van der Waals surface area contributed by atoms with E-state index in [9.17, 15) is 5.11 Å². The molecule has 4 heteroatoms. The summed E-state index contributed by atoms with van der Waals surface area (Å²) in [5.74, 6) is 0.722. The third kappa shape index (κ3) is 3.29. The molecule has 0 saturated carbocycles. The van der Waals surface area contributed by atoms with Crippen molar-refractivity contribution in [2.45, 2.75) is 19.3 Å². The van der Waals surface area contributed by atoms with E-state index in [2.05, 4.69) is 21.2 Å². The van der Waals surface area contributed by atoms with Crippen LogP contribution in [0.4, 0.5) is 0 Å². The topological polar surface area (TPSA) is 41.5 Å². The van der Waals surface area contributed by atoms with E-state index in [1.807, 2.05) is 24.3 Å². The van der Waals surface area contributed by atoms with E-state index >= 15 is 0 Å². The summed E-state index contributed by atoms with van der Waals surface area (Å²) in [5.41, 5.74) is 0. The molecule has 0 radical (unpaired) electrons. The van der Waals surface area contributed by atoms with Crippen molar-refractivity contribution in [2.24, 2.45) is 0 Å². The Morgan fingerprint density at radius 3 is 2.71 bits per heavy atom. The second kappa shape index (κ2) is 5.34. The summed E-state index contributed by atoms with van der Waals surface area (Å²) < 4.78 is 6.47. The molecule has 0 aromatic heterocycles. The molecule has 0 bridgehead atoms. The highest BCUT2D eigenvalue weighted by Gasteiger charge is 2.13. The van der Waals surface area contributed by atoms with E-state index in [1.165, 1.54) is 0 Å². The van der Waals surface area contributed by atoms with Gasteiger partial charge in [-0.15, -0.1) is 0 Å². The summed E-state index contributed by atoms with van der Waals surface area (Å²) in [5, 5.41) is 12.2. The molecule has 1 aromatic carbocycles. The predicted molar refractivity (Wildman–Crippen MR) is 59.3 cm³/mol. The third-order valence-corrected chi connectivity index (χ3v) is 2.28. The smallest absolute Gasteiger partial charge is 0.175 e. The average molecular weight is 260 g/mol. The standard InChI is InChI=1S/C10H14BrNO2/c1-7(13)10(12-2)14-9-5-3-4-8(11)6-9/h3-7,10,12-13H,1-2H3. The lowest BCUT2D eigenvalue weighted by Gasteiger charge is -2.20. The Labute approximate surface area is 92.2 Å². The molecule has 2 atom stereocenters. The van der Waals surface area contributed by atoms with Gasteiger partial charge >= 0.3 is 0 Å². The van der Waals surface area contributed by atoms with Gasteiger partial charge in [-0.3, -0.25) is 5.32 Å². The normalized spacial score (nSPS) is 14.9. The summed E-state index contributed by atoms with van der Waals surface area (Å²) in [6.07, 6.45) is -0.941. The Balaban J connectivity index is 2.67. The maximum Gasteiger partial charge on any atom is 0.175 e. The van der Waals surface area contributed by atoms with Crippen molar-refractivity contribution >= 4 is 15.9 Å². The average Bonchev–Trinajstić information content (AvgIpc) is 2.14. The number of hydrogen-bond acceptors (Lipinski definition) is 3. The largest absolute Gasteiger partial charge is 0.473 e. The molecule has 1 aromatic rings. The highest BCUT2D eigenvalue weighted by molar-refractivity contribution is 9.10. The first kappa shape index (κ1) is 11.5. The van der Waals surface area contributed by atoms with Crippen LogP contribution in [0.25, 0.3) is 0 Å². The fourth-order valence-corrected chi connectivity index (χ4v) is 1.46. The lowest BCUT2D eigenvalue weighted by Crippen LogP contribution is -2.40. The molecule has 3 nitrogen and oxygen atoms in total. The second-order valence-electron chi connectivity index (χ2n) is 3.03. The van der Waals surface area contributed by atoms with Gasteiger partial charge in [0.25, 0.3) is 0 Å². The zero-order valence-electron chi connectivity index (χ0n) is 8.20. The molecule has 0 aliphatic heterocycles. The lowest BCUT2D eigenvalue weighted by atomic mass is 10.3. The molecule has 0 heterocycles. The van der Waals surface area contributed by atoms with E-state index < -0.39 is 6.10 Å². The molecule has 14 heavy (non-hydrogen) atoms. The van der Waals surface area contributed by atoms with Gasteiger partial charge in [0, 0.05) is 4.47 Å². The van der Waals surface area contributed by atoms with Gasteiger partial charge in [-0.1, -0.05) is 22.0 Å². The molecular formula is C10H14BrNO2. The summed E-state index contributed by atoms with van der Waals surface area (Å²) in [6.45, 7) is 1.68. The summed E-state index contributed by atoms with van der Waals surface area (Å²) in [7, 11) is 1.75. The van der Waals surface area contributed by atoms with Crippen molar-refractivity contribution in [3.05, 3.63) is 28.7 Å². The van der Waals surface area contributed by atoms with Crippen molar-refractivity contribution < 1.29 is 9.84 Å². The van der Waals surface area contributed by atoms with Crippen LogP contribution in [0, 0.1) is 0 Å². The van der Waals surface area contributed by atoms with Crippen molar-refractivity contribution in [1.29, 1.82) is 0 Å². The fraction of sp³-hybridized carbons (Fsp3) is 0.400. The monoisotopic (exact) mass is 259 g/mol. The van der Waals surface area contributed by atoms with Crippen LogP contribution in [0.5, 0.6) is 5.75 Å². The van der Waals surface area contributed by atoms with Crippen LogP contribution in [-0.2, 0) is 0 Å². The Kier molecular flexibility index (Phi) is 4.38. The molecule has 0 aliphatic carbocycles. The van der Waals surface area contributed by atoms with Gasteiger partial charge in [-0.05, 0) is 32.2 Å². The van der Waals surface area contributed by atoms with Crippen LogP contribution in [-0.4, -0.2) is 24.5 Å². The van der Waals surface area contributed by atoms with Gasteiger partial charge in [0.05, 0.1) is 0 Å². The number of rotatable bonds is 4. The minimum atomic E-state index is -0.556. The van der Waals surface area contributed by atoms with E-state index in [-0.39, 0.29) is 6.23 Å². The fourth-order valence-electron chi connectivity index (χ4n) is 1.09. The molecule has 0 saturated heterocycles. The second-order valence-corrected chi connectivity index (χ2v) is 3.94. The van der Waals surface area contributed by atoms with Crippen molar-refractivity contribution in [3.63, 3.8) is 0 Å². The molecule has 0 amide bonds. The maximum absolute atomic E-state index is 9.34. The zero-order valence-corrected chi connectivity index (χ0v) is 9.78. The van der Waals surface area contributed by atoms with Crippen LogP contribution in [0.2, 0.25) is 0 Å². The zero-order chi connectivity index (χ0) is 10.6. The quantitative estimate of drug-likeness (QED) is 0.810. The number of likely N-dealkylation sites (N-methyl/N-ethyl adjacent to an activating group) is 1. The van der Waals surface area contributed by atoms with Crippen molar-refractivity contribution in [1.82, 2.24) is 5.32 Å². The molecule has 0 aliphatic rings. The number of aliphatic hydroxyl groups is 1. The molecule has 0 spiro atoms. The van der Waals surface area contributed by atoms with Crippen LogP contribution < -0.4 is 10.1 Å². The molecular weight excluding hydrogens is 246 g/mol. The summed E-state index contributed by atoms with van der Waals surface area (Å²) >= 11 is 3.35. The number of nitrogens with one attached hydrogen (secondary N) is 1. The number of hydrogen-bond donors (Lipinski definition) is 2. The van der Waals surface area contributed by atoms with E-state index in [1.54, 1.807) is 14.0 Å². The first-order valence-electron chi connectivity index (χ1n) is 4.41. The van der Waals surface area contributed by atoms with Gasteiger partial charge < -0.3 is 9.84 Å². The number of halogens is 1. The summed E-state index contributed by atoms with van der Waals surface area (Å²) in [6, 6.07) is 7.50. The first-order valence-corrected chi connectivity index (χ1v) is 5.20. The molecule has 1 rings (SSSR count). The Morgan fingerprint density at radius 1 is 1.50 bits per heavy atom. The van der Waals surface area contributed by atoms with Gasteiger partial charge in [0.15, 0.2) is 6.23 Å². The van der Waals surface area contributed by atoms with Gasteiger partial charge in [0.1, 0.15) is 11.9 Å². The first-order chi connectivity index (χ1) is 6.63. The van der Waals surface area contributed by atoms with Crippen molar-refractivity contribution in [2.75, 3.05) is 7.05 Å².